The van der Waals surface area contributed by atoms with Crippen LogP contribution in [0.15, 0.2) is 60.7 Å². The van der Waals surface area contributed by atoms with Crippen LogP contribution in [0.5, 0.6) is 0 Å². The predicted octanol–water partition coefficient (Wildman–Crippen LogP) is 3.36. The number of anilines is 1. The quantitative estimate of drug-likeness (QED) is 0.832. The second-order valence-corrected chi connectivity index (χ2v) is 5.09. The molecule has 0 fully saturated rings. The maximum Gasteiger partial charge on any atom is 0.306 e. The molecule has 0 saturated heterocycles. The molecule has 0 radical (unpaired) electrons. The number of amides is 1. The van der Waals surface area contributed by atoms with E-state index in [2.05, 4.69) is 5.32 Å². The molecule has 0 spiro atoms. The van der Waals surface area contributed by atoms with Crippen molar-refractivity contribution in [3.63, 3.8) is 0 Å². The van der Waals surface area contributed by atoms with Crippen LogP contribution < -0.4 is 5.32 Å². The van der Waals surface area contributed by atoms with Gasteiger partial charge in [0.15, 0.2) is 6.61 Å². The van der Waals surface area contributed by atoms with E-state index in [1.807, 2.05) is 55.5 Å². The normalized spacial score (nSPS) is 11.5. The number of nitrogens with one attached hydrogen (secondary N) is 1. The number of benzene rings is 2. The summed E-state index contributed by atoms with van der Waals surface area (Å²) in [7, 11) is 0. The highest BCUT2D eigenvalue weighted by Gasteiger charge is 2.13. The number of hydrogen-bond donors (Lipinski definition) is 1. The fourth-order valence-electron chi connectivity index (χ4n) is 2.07. The molecule has 4 heteroatoms. The molecule has 1 atom stereocenters. The third-order valence-corrected chi connectivity index (χ3v) is 3.26. The van der Waals surface area contributed by atoms with Gasteiger partial charge >= 0.3 is 5.97 Å². The first-order valence-electron chi connectivity index (χ1n) is 7.20. The number of carbonyl (C=O) groups is 2. The lowest BCUT2D eigenvalue weighted by molar-refractivity contribution is -0.147. The number of ether oxygens (including phenoxy) is 1. The van der Waals surface area contributed by atoms with Gasteiger partial charge < -0.3 is 10.1 Å². The maximum absolute atomic E-state index is 11.8. The largest absolute Gasteiger partial charge is 0.456 e. The van der Waals surface area contributed by atoms with Gasteiger partial charge in [-0.3, -0.25) is 9.59 Å². The summed E-state index contributed by atoms with van der Waals surface area (Å²) < 4.78 is 5.02. The van der Waals surface area contributed by atoms with E-state index in [1.54, 1.807) is 12.1 Å². The lowest BCUT2D eigenvalue weighted by Crippen LogP contribution is -2.21. The van der Waals surface area contributed by atoms with Gasteiger partial charge in [-0.2, -0.15) is 0 Å². The summed E-state index contributed by atoms with van der Waals surface area (Å²) in [6, 6.07) is 18.8. The zero-order valence-corrected chi connectivity index (χ0v) is 12.5. The molecule has 0 saturated carbocycles. The van der Waals surface area contributed by atoms with Crippen LogP contribution in [0.2, 0.25) is 0 Å². The van der Waals surface area contributed by atoms with Gasteiger partial charge in [-0.25, -0.2) is 0 Å². The molecule has 114 valence electrons. The highest BCUT2D eigenvalue weighted by molar-refractivity contribution is 5.92. The summed E-state index contributed by atoms with van der Waals surface area (Å²) in [5, 5.41) is 2.67. The molecule has 1 unspecified atom stereocenters. The standard InChI is InChI=1S/C18H19NO3/c1-14(15-8-4-2-5-9-15)12-18(21)22-13-17(20)19-16-10-6-3-7-11-16/h2-11,14H,12-13H2,1H3,(H,19,20). The molecule has 0 aromatic heterocycles. The number of carbonyl (C=O) groups excluding carboxylic acids is 2. The summed E-state index contributed by atoms with van der Waals surface area (Å²) >= 11 is 0. The van der Waals surface area contributed by atoms with Gasteiger partial charge in [0.05, 0.1) is 6.42 Å². The first-order valence-corrected chi connectivity index (χ1v) is 7.20. The zero-order chi connectivity index (χ0) is 15.8. The Bertz CT molecular complexity index is 611. The number of esters is 1. The smallest absolute Gasteiger partial charge is 0.306 e. The van der Waals surface area contributed by atoms with E-state index >= 15 is 0 Å². The van der Waals surface area contributed by atoms with Crippen LogP contribution in [0, 0.1) is 0 Å². The Labute approximate surface area is 130 Å². The van der Waals surface area contributed by atoms with Gasteiger partial charge in [0.25, 0.3) is 5.91 Å². The Kier molecular flexibility index (Phi) is 5.72. The molecule has 0 heterocycles. The Morgan fingerprint density at radius 1 is 1.00 bits per heavy atom. The Morgan fingerprint density at radius 3 is 2.23 bits per heavy atom. The average Bonchev–Trinajstić information content (AvgIpc) is 2.55. The van der Waals surface area contributed by atoms with E-state index in [0.717, 1.165) is 5.56 Å². The van der Waals surface area contributed by atoms with Crippen LogP contribution >= 0.6 is 0 Å². The molecule has 22 heavy (non-hydrogen) atoms. The van der Waals surface area contributed by atoms with E-state index in [4.69, 9.17) is 4.74 Å². The fourth-order valence-corrected chi connectivity index (χ4v) is 2.07. The third-order valence-electron chi connectivity index (χ3n) is 3.26. The molecule has 4 nitrogen and oxygen atoms in total. The summed E-state index contributed by atoms with van der Waals surface area (Å²) in [6.07, 6.45) is 0.253. The molecule has 1 N–H and O–H groups in total. The summed E-state index contributed by atoms with van der Waals surface area (Å²) in [5.41, 5.74) is 1.76. The molecule has 1 amide bonds. The molecule has 0 aliphatic heterocycles. The van der Waals surface area contributed by atoms with Gasteiger partial charge in [-0.1, -0.05) is 55.5 Å². The summed E-state index contributed by atoms with van der Waals surface area (Å²) in [5.74, 6) is -0.655. The average molecular weight is 297 g/mol. The highest BCUT2D eigenvalue weighted by Crippen LogP contribution is 2.18. The van der Waals surface area contributed by atoms with Crippen LogP contribution in [0.3, 0.4) is 0 Å². The van der Waals surface area contributed by atoms with Crippen molar-refractivity contribution in [3.8, 4) is 0 Å². The lowest BCUT2D eigenvalue weighted by atomic mass is 9.98. The van der Waals surface area contributed by atoms with Crippen molar-refractivity contribution in [2.24, 2.45) is 0 Å². The number of para-hydroxylation sites is 1. The van der Waals surface area contributed by atoms with Crippen LogP contribution in [0.1, 0.15) is 24.8 Å². The first-order chi connectivity index (χ1) is 10.6. The second kappa shape index (κ2) is 7.98. The van der Waals surface area contributed by atoms with Crippen LogP contribution in [-0.2, 0) is 14.3 Å². The monoisotopic (exact) mass is 297 g/mol. The molecule has 2 aromatic rings. The van der Waals surface area contributed by atoms with Crippen molar-refractivity contribution in [1.82, 2.24) is 0 Å². The van der Waals surface area contributed by atoms with Crippen molar-refractivity contribution in [2.45, 2.75) is 19.3 Å². The molecule has 2 rings (SSSR count). The van der Waals surface area contributed by atoms with Crippen LogP contribution in [0.4, 0.5) is 5.69 Å². The van der Waals surface area contributed by atoms with Crippen LogP contribution in [-0.4, -0.2) is 18.5 Å². The number of rotatable bonds is 6. The van der Waals surface area contributed by atoms with Crippen LogP contribution in [0.25, 0.3) is 0 Å². The zero-order valence-electron chi connectivity index (χ0n) is 12.5. The fraction of sp³-hybridized carbons (Fsp3) is 0.222. The second-order valence-electron chi connectivity index (χ2n) is 5.09. The van der Waals surface area contributed by atoms with Gasteiger partial charge in [0, 0.05) is 5.69 Å². The predicted molar refractivity (Wildman–Crippen MR) is 85.5 cm³/mol. The summed E-state index contributed by atoms with van der Waals surface area (Å²) in [6.45, 7) is 1.69. The van der Waals surface area contributed by atoms with Crippen molar-refractivity contribution in [3.05, 3.63) is 66.2 Å². The van der Waals surface area contributed by atoms with E-state index in [1.165, 1.54) is 0 Å². The highest BCUT2D eigenvalue weighted by atomic mass is 16.5. The van der Waals surface area contributed by atoms with Gasteiger partial charge in [-0.05, 0) is 23.6 Å². The Hall–Kier alpha value is -2.62. The van der Waals surface area contributed by atoms with Crippen molar-refractivity contribution in [2.75, 3.05) is 11.9 Å². The Morgan fingerprint density at radius 2 is 1.59 bits per heavy atom. The molecule has 2 aromatic carbocycles. The minimum absolute atomic E-state index is 0.0610. The Balaban J connectivity index is 1.74. The molecule has 0 aliphatic carbocycles. The molecular weight excluding hydrogens is 278 g/mol. The lowest BCUT2D eigenvalue weighted by Gasteiger charge is -2.11. The summed E-state index contributed by atoms with van der Waals surface area (Å²) in [4.78, 5) is 23.5. The van der Waals surface area contributed by atoms with Crippen molar-refractivity contribution >= 4 is 17.6 Å². The minimum Gasteiger partial charge on any atom is -0.456 e. The number of hydrogen-bond acceptors (Lipinski definition) is 3. The first kappa shape index (κ1) is 15.8. The van der Waals surface area contributed by atoms with E-state index < -0.39 is 0 Å². The van der Waals surface area contributed by atoms with E-state index in [0.29, 0.717) is 5.69 Å². The maximum atomic E-state index is 11.8. The molecule has 0 bridgehead atoms. The molecular formula is C18H19NO3. The van der Waals surface area contributed by atoms with E-state index in [-0.39, 0.29) is 30.8 Å². The van der Waals surface area contributed by atoms with Gasteiger partial charge in [-0.15, -0.1) is 0 Å². The third kappa shape index (κ3) is 5.05. The van der Waals surface area contributed by atoms with Gasteiger partial charge in [0.2, 0.25) is 0 Å². The molecule has 0 aliphatic rings. The van der Waals surface area contributed by atoms with Crippen molar-refractivity contribution < 1.29 is 14.3 Å². The van der Waals surface area contributed by atoms with E-state index in [9.17, 15) is 9.59 Å². The topological polar surface area (TPSA) is 55.4 Å². The van der Waals surface area contributed by atoms with Gasteiger partial charge in [0.1, 0.15) is 0 Å². The SMILES string of the molecule is CC(CC(=O)OCC(=O)Nc1ccccc1)c1ccccc1. The minimum atomic E-state index is -0.375. The van der Waals surface area contributed by atoms with Crippen molar-refractivity contribution in [1.29, 1.82) is 0 Å².